The molecule has 1 aliphatic rings. The van der Waals surface area contributed by atoms with Crippen molar-refractivity contribution in [1.82, 2.24) is 20.0 Å². The van der Waals surface area contributed by atoms with Crippen molar-refractivity contribution in [3.05, 3.63) is 52.3 Å². The molecule has 2 heterocycles. The van der Waals surface area contributed by atoms with Crippen LogP contribution in [0.5, 0.6) is 0 Å². The molecule has 0 bridgehead atoms. The van der Waals surface area contributed by atoms with Crippen molar-refractivity contribution in [2.24, 2.45) is 7.05 Å². The molecule has 9 nitrogen and oxygen atoms in total. The minimum Gasteiger partial charge on any atom is -0.349 e. The van der Waals surface area contributed by atoms with Crippen LogP contribution < -0.4 is 5.32 Å². The van der Waals surface area contributed by atoms with Crippen molar-refractivity contribution in [3.8, 4) is 0 Å². The molecule has 0 aliphatic carbocycles. The number of aromatic nitrogens is 2. The lowest BCUT2D eigenvalue weighted by molar-refractivity contribution is -0.384. The molecule has 0 unspecified atom stereocenters. The van der Waals surface area contributed by atoms with E-state index in [0.29, 0.717) is 31.5 Å². The van der Waals surface area contributed by atoms with Crippen molar-refractivity contribution >= 4 is 29.3 Å². The number of likely N-dealkylation sites (tertiary alicyclic amines) is 1. The summed E-state index contributed by atoms with van der Waals surface area (Å²) < 4.78 is 1.58. The Morgan fingerprint density at radius 2 is 1.93 bits per heavy atom. The number of non-ortho nitro benzene ring substituents is 1. The maximum atomic E-state index is 12.7. The largest absolute Gasteiger partial charge is 0.349 e. The van der Waals surface area contributed by atoms with Gasteiger partial charge in [-0.15, -0.1) is 11.8 Å². The maximum Gasteiger partial charge on any atom is 0.269 e. The highest BCUT2D eigenvalue weighted by atomic mass is 32.2. The van der Waals surface area contributed by atoms with Gasteiger partial charge in [-0.2, -0.15) is 5.10 Å². The zero-order valence-electron chi connectivity index (χ0n) is 16.3. The predicted octanol–water partition coefficient (Wildman–Crippen LogP) is 2.23. The molecule has 1 aromatic carbocycles. The number of hydrogen-bond donors (Lipinski definition) is 1. The van der Waals surface area contributed by atoms with Crippen LogP contribution >= 0.6 is 11.8 Å². The second-order valence-corrected chi connectivity index (χ2v) is 8.40. The summed E-state index contributed by atoms with van der Waals surface area (Å²) in [6, 6.07) is 6.23. The van der Waals surface area contributed by atoms with Gasteiger partial charge in [-0.25, -0.2) is 0 Å². The number of thioether (sulfide) groups is 1. The summed E-state index contributed by atoms with van der Waals surface area (Å²) in [6.45, 7) is 3.01. The molecule has 2 amide bonds. The molecule has 1 N–H and O–H groups in total. The van der Waals surface area contributed by atoms with Crippen molar-refractivity contribution in [2.45, 2.75) is 36.0 Å². The standard InChI is InChI=1S/C19H23N5O4S/c1-13(29-17-5-3-16(4-6-17)24(27)28)19(26)23-9-7-15(8-10-23)21-18(25)14-11-20-22(2)12-14/h3-6,11-13,15H,7-10H2,1-2H3,(H,21,25)/t13-/m1/s1. The molecule has 10 heteroatoms. The van der Waals surface area contributed by atoms with Gasteiger partial charge in [-0.3, -0.25) is 24.4 Å². The van der Waals surface area contributed by atoms with Crippen molar-refractivity contribution in [1.29, 1.82) is 0 Å². The Labute approximate surface area is 172 Å². The summed E-state index contributed by atoms with van der Waals surface area (Å²) in [5.74, 6) is -0.115. The van der Waals surface area contributed by atoms with E-state index < -0.39 is 4.92 Å². The zero-order valence-corrected chi connectivity index (χ0v) is 17.1. The molecular formula is C19H23N5O4S. The minimum atomic E-state index is -0.444. The lowest BCUT2D eigenvalue weighted by atomic mass is 10.0. The van der Waals surface area contributed by atoms with E-state index in [2.05, 4.69) is 10.4 Å². The second-order valence-electron chi connectivity index (χ2n) is 6.99. The summed E-state index contributed by atoms with van der Waals surface area (Å²) in [6.07, 6.45) is 4.61. The Bertz CT molecular complexity index is 890. The van der Waals surface area contributed by atoms with Crippen molar-refractivity contribution in [3.63, 3.8) is 0 Å². The van der Waals surface area contributed by atoms with Crippen LogP contribution in [0, 0.1) is 10.1 Å². The topological polar surface area (TPSA) is 110 Å². The van der Waals surface area contributed by atoms with E-state index in [0.717, 1.165) is 4.90 Å². The third-order valence-corrected chi connectivity index (χ3v) is 5.92. The van der Waals surface area contributed by atoms with Crippen LogP contribution in [0.2, 0.25) is 0 Å². The van der Waals surface area contributed by atoms with Crippen LogP contribution in [0.4, 0.5) is 5.69 Å². The lowest BCUT2D eigenvalue weighted by Gasteiger charge is -2.33. The minimum absolute atomic E-state index is 0.0312. The molecule has 1 atom stereocenters. The number of piperidine rings is 1. The quantitative estimate of drug-likeness (QED) is 0.438. The highest BCUT2D eigenvalue weighted by Crippen LogP contribution is 2.27. The number of aryl methyl sites for hydroxylation is 1. The van der Waals surface area contributed by atoms with E-state index in [1.54, 1.807) is 30.1 Å². The SMILES string of the molecule is C[C@@H](Sc1ccc([N+](=O)[O-])cc1)C(=O)N1CCC(NC(=O)c2cnn(C)c2)CC1. The first-order valence-electron chi connectivity index (χ1n) is 9.33. The second kappa shape index (κ2) is 9.08. The third-order valence-electron chi connectivity index (χ3n) is 4.82. The number of carbonyl (C=O) groups excluding carboxylic acids is 2. The summed E-state index contributed by atoms with van der Waals surface area (Å²) >= 11 is 1.38. The highest BCUT2D eigenvalue weighted by Gasteiger charge is 2.27. The highest BCUT2D eigenvalue weighted by molar-refractivity contribution is 8.00. The molecule has 2 aromatic rings. The summed E-state index contributed by atoms with van der Waals surface area (Å²) in [4.78, 5) is 37.9. The molecule has 1 fully saturated rings. The monoisotopic (exact) mass is 417 g/mol. The van der Waals surface area contributed by atoms with E-state index in [-0.39, 0.29) is 28.8 Å². The van der Waals surface area contributed by atoms with Gasteiger partial charge >= 0.3 is 0 Å². The molecule has 1 aliphatic heterocycles. The van der Waals surface area contributed by atoms with Gasteiger partial charge in [0.1, 0.15) is 0 Å². The van der Waals surface area contributed by atoms with Crippen LogP contribution in [-0.2, 0) is 11.8 Å². The average Bonchev–Trinajstić information content (AvgIpc) is 3.15. The molecule has 1 saturated heterocycles. The molecule has 29 heavy (non-hydrogen) atoms. The lowest BCUT2D eigenvalue weighted by Crippen LogP contribution is -2.48. The van der Waals surface area contributed by atoms with Crippen molar-refractivity contribution < 1.29 is 14.5 Å². The average molecular weight is 417 g/mol. The number of nitrogens with one attached hydrogen (secondary N) is 1. The first-order chi connectivity index (χ1) is 13.8. The van der Waals surface area contributed by atoms with Gasteiger partial charge in [0, 0.05) is 49.4 Å². The fraction of sp³-hybridized carbons (Fsp3) is 0.421. The smallest absolute Gasteiger partial charge is 0.269 e. The number of carbonyl (C=O) groups is 2. The van der Waals surface area contributed by atoms with Gasteiger partial charge < -0.3 is 10.2 Å². The first kappa shape index (κ1) is 20.8. The van der Waals surface area contributed by atoms with Crippen LogP contribution in [0.15, 0.2) is 41.6 Å². The predicted molar refractivity (Wildman–Crippen MR) is 109 cm³/mol. The van der Waals surface area contributed by atoms with Gasteiger partial charge in [0.05, 0.1) is 21.9 Å². The maximum absolute atomic E-state index is 12.7. The summed E-state index contributed by atoms with van der Waals surface area (Å²) in [5, 5.41) is 17.4. The number of nitro groups is 1. The van der Waals surface area contributed by atoms with Gasteiger partial charge in [0.15, 0.2) is 0 Å². The van der Waals surface area contributed by atoms with Crippen LogP contribution in [-0.4, -0.2) is 55.8 Å². The molecule has 3 rings (SSSR count). The Morgan fingerprint density at radius 3 is 2.48 bits per heavy atom. The number of hydrogen-bond acceptors (Lipinski definition) is 6. The third kappa shape index (κ3) is 5.35. The zero-order chi connectivity index (χ0) is 21.0. The summed E-state index contributed by atoms with van der Waals surface area (Å²) in [7, 11) is 1.76. The van der Waals surface area contributed by atoms with E-state index in [1.807, 2.05) is 11.8 Å². The normalized spacial score (nSPS) is 15.7. The van der Waals surface area contributed by atoms with E-state index in [9.17, 15) is 19.7 Å². The Morgan fingerprint density at radius 1 is 1.28 bits per heavy atom. The number of nitrogens with zero attached hydrogens (tertiary/aromatic N) is 4. The molecular weight excluding hydrogens is 394 g/mol. The van der Waals surface area contributed by atoms with E-state index >= 15 is 0 Å². The fourth-order valence-corrected chi connectivity index (χ4v) is 4.16. The van der Waals surface area contributed by atoms with E-state index in [1.165, 1.54) is 30.1 Å². The van der Waals surface area contributed by atoms with Crippen molar-refractivity contribution in [2.75, 3.05) is 13.1 Å². The fourth-order valence-electron chi connectivity index (χ4n) is 3.21. The van der Waals surface area contributed by atoms with Gasteiger partial charge in [0.25, 0.3) is 11.6 Å². The number of benzene rings is 1. The number of amides is 2. The Kier molecular flexibility index (Phi) is 6.53. The van der Waals surface area contributed by atoms with Gasteiger partial charge in [-0.1, -0.05) is 0 Å². The first-order valence-corrected chi connectivity index (χ1v) is 10.2. The molecule has 0 radical (unpaired) electrons. The Hall–Kier alpha value is -2.88. The molecule has 154 valence electrons. The van der Waals surface area contributed by atoms with Crippen LogP contribution in [0.3, 0.4) is 0 Å². The number of rotatable bonds is 6. The van der Waals surface area contributed by atoms with Crippen LogP contribution in [0.25, 0.3) is 0 Å². The summed E-state index contributed by atoms with van der Waals surface area (Å²) in [5.41, 5.74) is 0.558. The molecule has 0 spiro atoms. The molecule has 1 aromatic heterocycles. The van der Waals surface area contributed by atoms with Gasteiger partial charge in [-0.05, 0) is 31.9 Å². The Balaban J connectivity index is 1.47. The van der Waals surface area contributed by atoms with E-state index in [4.69, 9.17) is 0 Å². The number of nitro benzene ring substituents is 1. The molecule has 0 saturated carbocycles. The van der Waals surface area contributed by atoms with Gasteiger partial charge in [0.2, 0.25) is 5.91 Å². The van der Waals surface area contributed by atoms with Crippen LogP contribution in [0.1, 0.15) is 30.1 Å².